The van der Waals surface area contributed by atoms with Crippen molar-refractivity contribution in [1.29, 1.82) is 0 Å². The van der Waals surface area contributed by atoms with Crippen LogP contribution in [0.5, 0.6) is 0 Å². The molecule has 1 aromatic rings. The number of carbonyl (C=O) groups excluding carboxylic acids is 1. The first kappa shape index (κ1) is 14.9. The maximum Gasteiger partial charge on any atom is 0.238 e. The fourth-order valence-corrected chi connectivity index (χ4v) is 2.34. The van der Waals surface area contributed by atoms with Gasteiger partial charge in [0.1, 0.15) is 6.04 Å². The average Bonchev–Trinajstić information content (AvgIpc) is 2.87. The quantitative estimate of drug-likeness (QED) is 0.759. The molecular formula is C13H23N5O2. The van der Waals surface area contributed by atoms with Gasteiger partial charge in [-0.2, -0.15) is 4.98 Å². The number of likely N-dealkylation sites (N-methyl/N-ethyl adjacent to an activating group) is 1. The van der Waals surface area contributed by atoms with Gasteiger partial charge in [0, 0.05) is 32.6 Å². The maximum absolute atomic E-state index is 12.0. The predicted molar refractivity (Wildman–Crippen MR) is 74.0 cm³/mol. The van der Waals surface area contributed by atoms with Crippen LogP contribution in [-0.2, 0) is 17.8 Å². The van der Waals surface area contributed by atoms with E-state index in [1.54, 1.807) is 0 Å². The highest BCUT2D eigenvalue weighted by Gasteiger charge is 2.29. The normalized spacial score (nSPS) is 20.0. The van der Waals surface area contributed by atoms with E-state index in [0.29, 0.717) is 31.3 Å². The van der Waals surface area contributed by atoms with Gasteiger partial charge in [-0.1, -0.05) is 12.1 Å². The Morgan fingerprint density at radius 3 is 3.15 bits per heavy atom. The van der Waals surface area contributed by atoms with Crippen LogP contribution in [0.4, 0.5) is 0 Å². The molecule has 1 aliphatic rings. The molecule has 2 N–H and O–H groups in total. The number of nitrogens with one attached hydrogen (secondary N) is 2. The van der Waals surface area contributed by atoms with Crippen LogP contribution < -0.4 is 10.6 Å². The molecule has 20 heavy (non-hydrogen) atoms. The van der Waals surface area contributed by atoms with Crippen LogP contribution in [0.25, 0.3) is 0 Å². The molecule has 0 spiro atoms. The molecule has 0 aliphatic carbocycles. The van der Waals surface area contributed by atoms with Gasteiger partial charge in [-0.05, 0) is 13.3 Å². The Bertz CT molecular complexity index is 434. The molecule has 2 heterocycles. The van der Waals surface area contributed by atoms with E-state index >= 15 is 0 Å². The molecule has 112 valence electrons. The molecule has 1 aromatic heterocycles. The fourth-order valence-electron chi connectivity index (χ4n) is 2.34. The van der Waals surface area contributed by atoms with E-state index in [1.165, 1.54) is 0 Å². The van der Waals surface area contributed by atoms with Crippen molar-refractivity contribution in [3.05, 3.63) is 11.7 Å². The summed E-state index contributed by atoms with van der Waals surface area (Å²) < 4.78 is 5.19. The summed E-state index contributed by atoms with van der Waals surface area (Å²) in [7, 11) is 0. The van der Waals surface area contributed by atoms with Gasteiger partial charge in [-0.25, -0.2) is 0 Å². The Hall–Kier alpha value is -1.47. The van der Waals surface area contributed by atoms with Crippen LogP contribution in [0.3, 0.4) is 0 Å². The molecule has 0 radical (unpaired) electrons. The van der Waals surface area contributed by atoms with E-state index in [0.717, 1.165) is 25.9 Å². The Morgan fingerprint density at radius 1 is 1.55 bits per heavy atom. The Labute approximate surface area is 119 Å². The summed E-state index contributed by atoms with van der Waals surface area (Å²) in [6, 6.07) is -0.170. The van der Waals surface area contributed by atoms with Gasteiger partial charge in [-0.3, -0.25) is 9.69 Å². The van der Waals surface area contributed by atoms with Crippen molar-refractivity contribution in [3.8, 4) is 0 Å². The van der Waals surface area contributed by atoms with Crippen molar-refractivity contribution in [2.45, 2.75) is 39.3 Å². The minimum Gasteiger partial charge on any atom is -0.355 e. The van der Waals surface area contributed by atoms with E-state index in [4.69, 9.17) is 4.52 Å². The molecule has 2 rings (SSSR count). The highest BCUT2D eigenvalue weighted by Crippen LogP contribution is 2.09. The number of amides is 1. The molecule has 1 atom stereocenters. The molecule has 7 heteroatoms. The third-order valence-electron chi connectivity index (χ3n) is 3.33. The monoisotopic (exact) mass is 281 g/mol. The van der Waals surface area contributed by atoms with E-state index in [2.05, 4.69) is 32.6 Å². The number of piperazine rings is 1. The van der Waals surface area contributed by atoms with Crippen molar-refractivity contribution < 1.29 is 9.32 Å². The minimum absolute atomic E-state index is 0.0528. The van der Waals surface area contributed by atoms with Crippen molar-refractivity contribution in [2.75, 3.05) is 26.2 Å². The molecular weight excluding hydrogens is 258 g/mol. The highest BCUT2D eigenvalue weighted by atomic mass is 16.5. The first-order valence-electron chi connectivity index (χ1n) is 7.28. The van der Waals surface area contributed by atoms with Crippen molar-refractivity contribution in [1.82, 2.24) is 25.7 Å². The summed E-state index contributed by atoms with van der Waals surface area (Å²) in [4.78, 5) is 18.5. The molecule has 1 unspecified atom stereocenters. The van der Waals surface area contributed by atoms with Crippen LogP contribution in [0.15, 0.2) is 4.52 Å². The summed E-state index contributed by atoms with van der Waals surface area (Å²) in [5.74, 6) is 1.38. The summed E-state index contributed by atoms with van der Waals surface area (Å²) in [6.45, 7) is 7.53. The first-order chi connectivity index (χ1) is 9.74. The predicted octanol–water partition coefficient (Wildman–Crippen LogP) is -0.0680. The van der Waals surface area contributed by atoms with E-state index in [1.807, 2.05) is 6.92 Å². The smallest absolute Gasteiger partial charge is 0.238 e. The Kier molecular flexibility index (Phi) is 5.49. The standard InChI is InChI=1S/C13H23N5O2/c1-3-5-12-16-11(17-20-12)9-18-7-6-14-8-10(18)13(19)15-4-2/h10,14H,3-9H2,1-2H3,(H,15,19). The topological polar surface area (TPSA) is 83.3 Å². The van der Waals surface area contributed by atoms with Gasteiger partial charge in [0.05, 0.1) is 6.54 Å². The fraction of sp³-hybridized carbons (Fsp3) is 0.769. The van der Waals surface area contributed by atoms with Crippen LogP contribution in [0, 0.1) is 0 Å². The molecule has 0 bridgehead atoms. The van der Waals surface area contributed by atoms with Crippen molar-refractivity contribution >= 4 is 5.91 Å². The minimum atomic E-state index is -0.170. The zero-order chi connectivity index (χ0) is 14.4. The van der Waals surface area contributed by atoms with Gasteiger partial charge in [0.15, 0.2) is 5.82 Å². The molecule has 0 saturated carbocycles. The Morgan fingerprint density at radius 2 is 2.40 bits per heavy atom. The molecule has 1 fully saturated rings. The van der Waals surface area contributed by atoms with Crippen LogP contribution >= 0.6 is 0 Å². The van der Waals surface area contributed by atoms with Crippen molar-refractivity contribution in [3.63, 3.8) is 0 Å². The maximum atomic E-state index is 12.0. The van der Waals surface area contributed by atoms with Gasteiger partial charge < -0.3 is 15.2 Å². The molecule has 1 amide bonds. The second kappa shape index (κ2) is 7.35. The van der Waals surface area contributed by atoms with Gasteiger partial charge in [0.2, 0.25) is 11.8 Å². The number of aromatic nitrogens is 2. The van der Waals surface area contributed by atoms with E-state index < -0.39 is 0 Å². The van der Waals surface area contributed by atoms with E-state index in [9.17, 15) is 4.79 Å². The number of nitrogens with zero attached hydrogens (tertiary/aromatic N) is 3. The van der Waals surface area contributed by atoms with Crippen LogP contribution in [-0.4, -0.2) is 53.2 Å². The van der Waals surface area contributed by atoms with Crippen LogP contribution in [0.2, 0.25) is 0 Å². The number of aryl methyl sites for hydroxylation is 1. The summed E-state index contributed by atoms with van der Waals surface area (Å²) in [5, 5.41) is 10.1. The first-order valence-corrected chi connectivity index (χ1v) is 7.28. The van der Waals surface area contributed by atoms with E-state index in [-0.39, 0.29) is 11.9 Å². The Balaban J connectivity index is 1.98. The number of hydrogen-bond acceptors (Lipinski definition) is 6. The second-order valence-electron chi connectivity index (χ2n) is 4.94. The molecule has 0 aromatic carbocycles. The third kappa shape index (κ3) is 3.77. The lowest BCUT2D eigenvalue weighted by molar-refractivity contribution is -0.127. The lowest BCUT2D eigenvalue weighted by Crippen LogP contribution is -2.57. The molecule has 1 saturated heterocycles. The zero-order valence-corrected chi connectivity index (χ0v) is 12.2. The van der Waals surface area contributed by atoms with Gasteiger partial charge in [0.25, 0.3) is 0 Å². The van der Waals surface area contributed by atoms with Crippen molar-refractivity contribution in [2.24, 2.45) is 0 Å². The van der Waals surface area contributed by atoms with Gasteiger partial charge >= 0.3 is 0 Å². The number of rotatable bonds is 6. The summed E-state index contributed by atoms with van der Waals surface area (Å²) >= 11 is 0. The highest BCUT2D eigenvalue weighted by molar-refractivity contribution is 5.82. The summed E-state index contributed by atoms with van der Waals surface area (Å²) in [6.07, 6.45) is 1.78. The lowest BCUT2D eigenvalue weighted by atomic mass is 10.1. The number of hydrogen-bond donors (Lipinski definition) is 2. The zero-order valence-electron chi connectivity index (χ0n) is 12.2. The molecule has 1 aliphatic heterocycles. The average molecular weight is 281 g/mol. The number of carbonyl (C=O) groups is 1. The SMILES string of the molecule is CCCc1nc(CN2CCNCC2C(=O)NCC)no1. The third-order valence-corrected chi connectivity index (χ3v) is 3.33. The van der Waals surface area contributed by atoms with Crippen LogP contribution in [0.1, 0.15) is 32.0 Å². The van der Waals surface area contributed by atoms with Gasteiger partial charge in [-0.15, -0.1) is 0 Å². The summed E-state index contributed by atoms with van der Waals surface area (Å²) in [5.41, 5.74) is 0. The lowest BCUT2D eigenvalue weighted by Gasteiger charge is -2.34. The second-order valence-corrected chi connectivity index (χ2v) is 4.94. The molecule has 7 nitrogen and oxygen atoms in total. The largest absolute Gasteiger partial charge is 0.355 e.